The molecule has 0 aliphatic carbocycles. The molecule has 1 heterocycles. The molecule has 0 bridgehead atoms. The number of morpholine rings is 1. The molecule has 1 rings (SSSR count). The molecule has 1 aliphatic rings. The number of nitrogens with zero attached hydrogens (tertiary/aromatic N) is 1. The third-order valence-electron chi connectivity index (χ3n) is 3.58. The summed E-state index contributed by atoms with van der Waals surface area (Å²) >= 11 is 0. The Hall–Kier alpha value is -0.120. The molecule has 1 unspecified atom stereocenters. The third-order valence-corrected chi connectivity index (χ3v) is 3.58. The van der Waals surface area contributed by atoms with Crippen LogP contribution in [-0.4, -0.2) is 50.3 Å². The lowest BCUT2D eigenvalue weighted by Gasteiger charge is -2.35. The van der Waals surface area contributed by atoms with E-state index in [9.17, 15) is 0 Å². The zero-order valence-electron chi connectivity index (χ0n) is 12.7. The van der Waals surface area contributed by atoms with Gasteiger partial charge in [-0.15, -0.1) is 0 Å². The Morgan fingerprint density at radius 3 is 2.28 bits per heavy atom. The molecule has 1 fully saturated rings. The van der Waals surface area contributed by atoms with E-state index in [1.54, 1.807) is 0 Å². The summed E-state index contributed by atoms with van der Waals surface area (Å²) in [6.45, 7) is 15.5. The van der Waals surface area contributed by atoms with Gasteiger partial charge in [-0.2, -0.15) is 0 Å². The van der Waals surface area contributed by atoms with Gasteiger partial charge in [-0.05, 0) is 31.2 Å². The van der Waals surface area contributed by atoms with E-state index in [1.165, 1.54) is 12.8 Å². The summed E-state index contributed by atoms with van der Waals surface area (Å²) in [5, 5.41) is 3.64. The summed E-state index contributed by atoms with van der Waals surface area (Å²) in [6.07, 6.45) is 2.56. The first kappa shape index (κ1) is 15.9. The Kier molecular flexibility index (Phi) is 7.87. The summed E-state index contributed by atoms with van der Waals surface area (Å²) in [6, 6.07) is 0.682. The predicted octanol–water partition coefficient (Wildman–Crippen LogP) is 2.37. The van der Waals surface area contributed by atoms with Gasteiger partial charge in [0.25, 0.3) is 0 Å². The highest BCUT2D eigenvalue weighted by Crippen LogP contribution is 2.13. The fraction of sp³-hybridized carbons (Fsp3) is 1.00. The molecule has 3 nitrogen and oxygen atoms in total. The van der Waals surface area contributed by atoms with Gasteiger partial charge in [0.15, 0.2) is 0 Å². The minimum Gasteiger partial charge on any atom is -0.379 e. The first-order valence-electron chi connectivity index (χ1n) is 7.62. The monoisotopic (exact) mass is 256 g/mol. The van der Waals surface area contributed by atoms with Gasteiger partial charge in [0, 0.05) is 25.7 Å². The molecule has 108 valence electrons. The van der Waals surface area contributed by atoms with Crippen LogP contribution in [0.25, 0.3) is 0 Å². The van der Waals surface area contributed by atoms with Crippen molar-refractivity contribution in [1.82, 2.24) is 10.2 Å². The standard InChI is InChI=1S/C15H32N2O/c1-13(2)5-6-16-12-15(11-14(3)4)17-7-9-18-10-8-17/h13-16H,5-12H2,1-4H3. The van der Waals surface area contributed by atoms with Crippen LogP contribution >= 0.6 is 0 Å². The van der Waals surface area contributed by atoms with Crippen LogP contribution in [0.1, 0.15) is 40.5 Å². The molecular weight excluding hydrogens is 224 g/mol. The highest BCUT2D eigenvalue weighted by Gasteiger charge is 2.21. The Morgan fingerprint density at radius 1 is 1.06 bits per heavy atom. The Labute approximate surface area is 113 Å². The summed E-state index contributed by atoms with van der Waals surface area (Å²) in [7, 11) is 0. The SMILES string of the molecule is CC(C)CCNCC(CC(C)C)N1CCOCC1. The molecule has 0 amide bonds. The third kappa shape index (κ3) is 6.72. The number of nitrogens with one attached hydrogen (secondary N) is 1. The molecule has 0 spiro atoms. The quantitative estimate of drug-likeness (QED) is 0.675. The van der Waals surface area contributed by atoms with Crippen molar-refractivity contribution in [3.8, 4) is 0 Å². The van der Waals surface area contributed by atoms with Crippen LogP contribution in [0.5, 0.6) is 0 Å². The van der Waals surface area contributed by atoms with Gasteiger partial charge >= 0.3 is 0 Å². The van der Waals surface area contributed by atoms with E-state index in [1.807, 2.05) is 0 Å². The fourth-order valence-electron chi connectivity index (χ4n) is 2.51. The van der Waals surface area contributed by atoms with Crippen molar-refractivity contribution in [1.29, 1.82) is 0 Å². The average molecular weight is 256 g/mol. The highest BCUT2D eigenvalue weighted by atomic mass is 16.5. The van der Waals surface area contributed by atoms with Crippen molar-refractivity contribution in [3.05, 3.63) is 0 Å². The van der Waals surface area contributed by atoms with Gasteiger partial charge in [0.1, 0.15) is 0 Å². The molecule has 0 saturated carbocycles. The van der Waals surface area contributed by atoms with Gasteiger partial charge in [0.2, 0.25) is 0 Å². The molecule has 18 heavy (non-hydrogen) atoms. The molecular formula is C15H32N2O. The van der Waals surface area contributed by atoms with Gasteiger partial charge in [-0.3, -0.25) is 4.90 Å². The lowest BCUT2D eigenvalue weighted by atomic mass is 10.0. The van der Waals surface area contributed by atoms with Crippen molar-refractivity contribution in [2.45, 2.75) is 46.6 Å². The average Bonchev–Trinajstić information content (AvgIpc) is 2.33. The molecule has 3 heteroatoms. The Bertz CT molecular complexity index is 201. The number of ether oxygens (including phenoxy) is 1. The van der Waals surface area contributed by atoms with E-state index in [0.717, 1.165) is 51.2 Å². The minimum absolute atomic E-state index is 0.682. The lowest BCUT2D eigenvalue weighted by molar-refractivity contribution is 0.0123. The van der Waals surface area contributed by atoms with Crippen molar-refractivity contribution in [3.63, 3.8) is 0 Å². The zero-order chi connectivity index (χ0) is 13.4. The second-order valence-corrected chi connectivity index (χ2v) is 6.32. The molecule has 0 aromatic carbocycles. The summed E-state index contributed by atoms with van der Waals surface area (Å²) < 4.78 is 5.45. The smallest absolute Gasteiger partial charge is 0.0594 e. The first-order valence-corrected chi connectivity index (χ1v) is 7.62. The van der Waals surface area contributed by atoms with Crippen LogP contribution in [0.2, 0.25) is 0 Å². The molecule has 1 saturated heterocycles. The Morgan fingerprint density at radius 2 is 1.72 bits per heavy atom. The van der Waals surface area contributed by atoms with E-state index in [2.05, 4.69) is 37.9 Å². The van der Waals surface area contributed by atoms with Gasteiger partial charge in [0.05, 0.1) is 13.2 Å². The molecule has 0 radical (unpaired) electrons. The van der Waals surface area contributed by atoms with Crippen molar-refractivity contribution in [2.75, 3.05) is 39.4 Å². The van der Waals surface area contributed by atoms with E-state index in [0.29, 0.717) is 6.04 Å². The van der Waals surface area contributed by atoms with Crippen LogP contribution in [-0.2, 0) is 4.74 Å². The molecule has 0 aromatic heterocycles. The number of hydrogen-bond donors (Lipinski definition) is 1. The summed E-state index contributed by atoms with van der Waals surface area (Å²) in [5.41, 5.74) is 0. The summed E-state index contributed by atoms with van der Waals surface area (Å²) in [5.74, 6) is 1.56. The Balaban J connectivity index is 2.30. The summed E-state index contributed by atoms with van der Waals surface area (Å²) in [4.78, 5) is 2.60. The van der Waals surface area contributed by atoms with Crippen LogP contribution in [0.3, 0.4) is 0 Å². The second kappa shape index (κ2) is 8.89. The molecule has 1 atom stereocenters. The number of rotatable bonds is 8. The van der Waals surface area contributed by atoms with E-state index >= 15 is 0 Å². The van der Waals surface area contributed by atoms with Crippen molar-refractivity contribution in [2.24, 2.45) is 11.8 Å². The second-order valence-electron chi connectivity index (χ2n) is 6.32. The predicted molar refractivity (Wildman–Crippen MR) is 78.0 cm³/mol. The van der Waals surface area contributed by atoms with Crippen molar-refractivity contribution >= 4 is 0 Å². The first-order chi connectivity index (χ1) is 8.59. The van der Waals surface area contributed by atoms with E-state index < -0.39 is 0 Å². The fourth-order valence-corrected chi connectivity index (χ4v) is 2.51. The number of hydrogen-bond acceptors (Lipinski definition) is 3. The maximum absolute atomic E-state index is 5.45. The van der Waals surface area contributed by atoms with Crippen molar-refractivity contribution < 1.29 is 4.74 Å². The van der Waals surface area contributed by atoms with Crippen LogP contribution in [0.4, 0.5) is 0 Å². The molecule has 1 aliphatic heterocycles. The van der Waals surface area contributed by atoms with Gasteiger partial charge in [-0.1, -0.05) is 27.7 Å². The zero-order valence-corrected chi connectivity index (χ0v) is 12.7. The minimum atomic E-state index is 0.682. The highest BCUT2D eigenvalue weighted by molar-refractivity contribution is 4.77. The van der Waals surface area contributed by atoms with Crippen LogP contribution < -0.4 is 5.32 Å². The maximum Gasteiger partial charge on any atom is 0.0594 e. The largest absolute Gasteiger partial charge is 0.379 e. The molecule has 1 N–H and O–H groups in total. The maximum atomic E-state index is 5.45. The van der Waals surface area contributed by atoms with Gasteiger partial charge < -0.3 is 10.1 Å². The normalized spacial score (nSPS) is 19.7. The van der Waals surface area contributed by atoms with Crippen LogP contribution in [0, 0.1) is 11.8 Å². The van der Waals surface area contributed by atoms with E-state index in [-0.39, 0.29) is 0 Å². The molecule has 0 aromatic rings. The topological polar surface area (TPSA) is 24.5 Å². The van der Waals surface area contributed by atoms with Gasteiger partial charge in [-0.25, -0.2) is 0 Å². The van der Waals surface area contributed by atoms with Crippen LogP contribution in [0.15, 0.2) is 0 Å². The van der Waals surface area contributed by atoms with E-state index in [4.69, 9.17) is 4.74 Å². The lowest BCUT2D eigenvalue weighted by Crippen LogP contribution is -2.48.